The van der Waals surface area contributed by atoms with Crippen molar-refractivity contribution in [2.45, 2.75) is 189 Å². The Bertz CT molecular complexity index is 3140. The van der Waals surface area contributed by atoms with Crippen LogP contribution in [0.5, 0.6) is 0 Å². The zero-order valence-electron chi connectivity index (χ0n) is 67.2. The minimum absolute atomic E-state index is 0.0417. The van der Waals surface area contributed by atoms with E-state index in [4.69, 9.17) is 49.6 Å². The number of amides is 3. The van der Waals surface area contributed by atoms with Gasteiger partial charge in [-0.05, 0) is 179 Å². The quantitative estimate of drug-likeness (QED) is 0.0137. The molecule has 2 bridgehead atoms. The molecule has 8 rings (SSSR count). The Kier molecular flexibility index (Phi) is 40.1. The van der Waals surface area contributed by atoms with Crippen LogP contribution in [0.25, 0.3) is 0 Å². The molecule has 103 heavy (non-hydrogen) atoms. The summed E-state index contributed by atoms with van der Waals surface area (Å²) in [6.07, 6.45) is 10.1. The normalized spacial score (nSPS) is 16.3. The average Bonchev–Trinajstić information content (AvgIpc) is 1.58. The predicted octanol–water partition coefficient (Wildman–Crippen LogP) is 15.8. The summed E-state index contributed by atoms with van der Waals surface area (Å²) in [7, 11) is 4.63. The van der Waals surface area contributed by atoms with E-state index in [9.17, 15) is 19.2 Å². The molecule has 0 spiro atoms. The molecule has 1 saturated heterocycles. The second-order valence-corrected chi connectivity index (χ2v) is 42.4. The molecule has 1 saturated carbocycles. The SMILES string of the molecule is CCOC(C)C.CCOC(C)C.CO[Si](C)(CCCN1C(=O)C2C3C=CC(C3)C2C1=O)OC.CO[Si](C)(CCCNC(=O)CCC(C)(c1ccc(C)cc1)c1ccc(C)cc1)OC.CO[Si](C)(COC(=O)CCC(C)(c1ccc(C)cc1)c1ccc(C)cc1)OC.CO[Si](C)(OC)c1ccccc1. The summed E-state index contributed by atoms with van der Waals surface area (Å²) < 4.78 is 59.0. The Balaban J connectivity index is 0.000000348. The number of benzene rings is 5. The molecule has 0 aromatic heterocycles. The number of nitrogens with zero attached hydrogens (tertiary/aromatic N) is 1. The minimum Gasteiger partial charge on any atom is -0.464 e. The lowest BCUT2D eigenvalue weighted by Gasteiger charge is -2.31. The van der Waals surface area contributed by atoms with E-state index in [2.05, 4.69) is 156 Å². The molecular weight excluding hydrogens is 1370 g/mol. The number of nitrogens with one attached hydrogen (secondary N) is 1. The van der Waals surface area contributed by atoms with E-state index >= 15 is 0 Å². The lowest BCUT2D eigenvalue weighted by molar-refractivity contribution is -0.143. The lowest BCUT2D eigenvalue weighted by Crippen LogP contribution is -2.49. The van der Waals surface area contributed by atoms with Gasteiger partial charge >= 0.3 is 40.2 Å². The molecule has 4 unspecified atom stereocenters. The smallest absolute Gasteiger partial charge is 0.373 e. The first-order chi connectivity index (χ1) is 48.7. The number of fused-ring (bicyclic) bond motifs is 5. The van der Waals surface area contributed by atoms with Crippen molar-refractivity contribution >= 4 is 63.1 Å². The Morgan fingerprint density at radius 1 is 0.495 bits per heavy atom. The Morgan fingerprint density at radius 3 is 1.17 bits per heavy atom. The molecule has 5 aromatic rings. The maximum Gasteiger partial charge on any atom is 0.373 e. The van der Waals surface area contributed by atoms with Crippen LogP contribution in [0.2, 0.25) is 38.3 Å². The van der Waals surface area contributed by atoms with Gasteiger partial charge in [0, 0.05) is 107 Å². The molecule has 2 aliphatic carbocycles. The zero-order valence-corrected chi connectivity index (χ0v) is 71.2. The van der Waals surface area contributed by atoms with Gasteiger partial charge < -0.3 is 54.9 Å². The van der Waals surface area contributed by atoms with Crippen LogP contribution in [-0.2, 0) is 79.6 Å². The summed E-state index contributed by atoms with van der Waals surface area (Å²) >= 11 is 0. The molecule has 17 nitrogen and oxygen atoms in total. The van der Waals surface area contributed by atoms with Crippen molar-refractivity contribution in [1.82, 2.24) is 10.2 Å². The molecule has 5 aromatic carbocycles. The lowest BCUT2D eigenvalue weighted by atomic mass is 9.72. The fourth-order valence-corrected chi connectivity index (χ4v) is 17.6. The molecular formula is C82H130N2O15Si4. The standard InChI is InChI=1S/C25H37NO3Si.C23H32O4Si.C15H23NO4Si.C9H14O2Si.2C5H12O/c1-20-8-12-22(13-9-20)25(3,23-14-10-21(2)11-15-23)17-16-24(27)26-18-7-19-30(6,28-4)29-5;1-18-7-11-20(12-8-18)23(3,21-13-9-19(2)10-14-21)16-15-22(24)27-17-28(6,25-4)26-5;1-19-21(3,20-2)8-4-7-16-14(17)12-10-5-6-11(9-10)13(12)15(16)18;1-10-12(3,11-2)9-7-5-4-6-8-9;2*1-4-6-5(2)3/h8-15H,7,16-19H2,1-6H3,(H,26,27);7-14H,15-17H2,1-6H3;5-6,10-13H,4,7-9H2,1-3H3;4-8H,1-3H3;2*5H,4H2,1-3H3. The molecule has 1 N–H and O–H groups in total. The topological polar surface area (TPSA) is 185 Å². The summed E-state index contributed by atoms with van der Waals surface area (Å²) in [6, 6.07) is 46.2. The van der Waals surface area contributed by atoms with Crippen LogP contribution in [0.3, 0.4) is 0 Å². The third-order valence-corrected chi connectivity index (χ3v) is 31.6. The first-order valence-electron chi connectivity index (χ1n) is 36.7. The Hall–Kier alpha value is -5.61. The molecule has 0 radical (unpaired) electrons. The van der Waals surface area contributed by atoms with Crippen LogP contribution >= 0.6 is 0 Å². The molecule has 21 heteroatoms. The summed E-state index contributed by atoms with van der Waals surface area (Å²) in [5, 5.41) is 4.23. The number of esters is 1. The largest absolute Gasteiger partial charge is 0.464 e. The van der Waals surface area contributed by atoms with E-state index in [1.54, 1.807) is 56.9 Å². The number of carbonyl (C=O) groups is 4. The van der Waals surface area contributed by atoms with Gasteiger partial charge in [-0.2, -0.15) is 0 Å². The number of hydrogen-bond donors (Lipinski definition) is 1. The van der Waals surface area contributed by atoms with Crippen molar-refractivity contribution in [1.29, 1.82) is 0 Å². The van der Waals surface area contributed by atoms with Gasteiger partial charge in [-0.1, -0.05) is 176 Å². The number of rotatable bonds is 33. The summed E-state index contributed by atoms with van der Waals surface area (Å²) in [4.78, 5) is 51.5. The van der Waals surface area contributed by atoms with Gasteiger partial charge in [0.05, 0.1) is 24.0 Å². The first-order valence-corrected chi connectivity index (χ1v) is 46.5. The van der Waals surface area contributed by atoms with Gasteiger partial charge in [0.1, 0.15) is 6.23 Å². The van der Waals surface area contributed by atoms with Gasteiger partial charge in [-0.3, -0.25) is 24.1 Å². The van der Waals surface area contributed by atoms with Crippen molar-refractivity contribution in [3.8, 4) is 0 Å². The third-order valence-electron chi connectivity index (χ3n) is 20.3. The van der Waals surface area contributed by atoms with Crippen LogP contribution < -0.4 is 10.5 Å². The average molecular weight is 1500 g/mol. The van der Waals surface area contributed by atoms with E-state index in [0.29, 0.717) is 56.4 Å². The van der Waals surface area contributed by atoms with E-state index in [1.165, 1.54) is 49.4 Å². The minimum atomic E-state index is -2.42. The van der Waals surface area contributed by atoms with Crippen LogP contribution in [-0.4, -0.2) is 164 Å². The maximum atomic E-state index is 12.6. The van der Waals surface area contributed by atoms with Crippen LogP contribution in [0.15, 0.2) is 140 Å². The fourth-order valence-electron chi connectivity index (χ4n) is 12.6. The van der Waals surface area contributed by atoms with E-state index in [1.807, 2.05) is 98.1 Å². The van der Waals surface area contributed by atoms with Gasteiger partial charge in [-0.25, -0.2) is 0 Å². The highest BCUT2D eigenvalue weighted by molar-refractivity contribution is 6.79. The summed E-state index contributed by atoms with van der Waals surface area (Å²) in [6.45, 7) is 35.7. The highest BCUT2D eigenvalue weighted by Gasteiger charge is 2.59. The maximum absolute atomic E-state index is 12.6. The van der Waals surface area contributed by atoms with Crippen molar-refractivity contribution < 1.29 is 68.8 Å². The zero-order chi connectivity index (χ0) is 77.2. The molecule has 1 heterocycles. The van der Waals surface area contributed by atoms with Crippen molar-refractivity contribution in [3.63, 3.8) is 0 Å². The summed E-state index contributed by atoms with van der Waals surface area (Å²) in [5.41, 5.74) is 9.32. The second kappa shape index (κ2) is 45.1. The first kappa shape index (κ1) is 91.6. The fraction of sp³-hybridized carbons (Fsp3) is 0.561. The summed E-state index contributed by atoms with van der Waals surface area (Å²) in [5.74, 6) is 0.372. The predicted molar refractivity (Wildman–Crippen MR) is 425 cm³/mol. The Morgan fingerprint density at radius 2 is 0.845 bits per heavy atom. The van der Waals surface area contributed by atoms with Gasteiger partial charge in [0.15, 0.2) is 0 Å². The molecule has 1 aliphatic heterocycles. The second-order valence-electron chi connectivity index (χ2n) is 28.5. The number of allylic oxidation sites excluding steroid dienone is 2. The van der Waals surface area contributed by atoms with Gasteiger partial charge in [-0.15, -0.1) is 0 Å². The monoisotopic (exact) mass is 1490 g/mol. The van der Waals surface area contributed by atoms with Gasteiger partial charge in [0.2, 0.25) is 17.7 Å². The van der Waals surface area contributed by atoms with Crippen LogP contribution in [0.1, 0.15) is 145 Å². The van der Waals surface area contributed by atoms with Crippen molar-refractivity contribution in [2.75, 3.05) is 89.4 Å². The van der Waals surface area contributed by atoms with Crippen molar-refractivity contribution in [3.05, 3.63) is 184 Å². The Labute approximate surface area is 625 Å². The van der Waals surface area contributed by atoms with Crippen molar-refractivity contribution in [2.24, 2.45) is 23.7 Å². The number of likely N-dealkylation sites (tertiary alicyclic amines) is 1. The number of hydrogen-bond acceptors (Lipinski definition) is 15. The number of aryl methyl sites for hydroxylation is 4. The van der Waals surface area contributed by atoms with Gasteiger partial charge in [0.25, 0.3) is 0 Å². The van der Waals surface area contributed by atoms with E-state index in [-0.39, 0.29) is 52.6 Å². The van der Waals surface area contributed by atoms with Crippen LogP contribution in [0, 0.1) is 51.4 Å². The molecule has 3 amide bonds. The molecule has 2 fully saturated rings. The molecule has 3 aliphatic rings. The van der Waals surface area contributed by atoms with Crippen LogP contribution in [0.4, 0.5) is 0 Å². The highest BCUT2D eigenvalue weighted by Crippen LogP contribution is 2.52. The van der Waals surface area contributed by atoms with E-state index in [0.717, 1.165) is 56.2 Å². The number of ether oxygens (including phenoxy) is 3. The number of imide groups is 1. The molecule has 574 valence electrons. The van der Waals surface area contributed by atoms with E-state index < -0.39 is 34.2 Å². The number of carbonyl (C=O) groups excluding carboxylic acids is 4. The third kappa shape index (κ3) is 28.9. The molecule has 4 atom stereocenters. The highest BCUT2D eigenvalue weighted by atomic mass is 28.4.